The molecule has 5 nitrogen and oxygen atoms in total. The predicted octanol–water partition coefficient (Wildman–Crippen LogP) is 5.39. The van der Waals surface area contributed by atoms with Crippen LogP contribution in [0.2, 0.25) is 5.02 Å². The van der Waals surface area contributed by atoms with Crippen LogP contribution in [0.5, 0.6) is 0 Å². The molecule has 0 saturated carbocycles. The van der Waals surface area contributed by atoms with Gasteiger partial charge in [0, 0.05) is 39.4 Å². The van der Waals surface area contributed by atoms with Crippen LogP contribution in [0.3, 0.4) is 0 Å². The Morgan fingerprint density at radius 2 is 2.00 bits per heavy atom. The summed E-state index contributed by atoms with van der Waals surface area (Å²) in [5.74, 6) is -0.0425. The van der Waals surface area contributed by atoms with Crippen molar-refractivity contribution in [3.63, 3.8) is 0 Å². The third-order valence-electron chi connectivity index (χ3n) is 4.96. The number of H-pyrrole nitrogens is 1. The van der Waals surface area contributed by atoms with E-state index in [1.807, 2.05) is 36.4 Å². The number of aromatic amines is 1. The summed E-state index contributed by atoms with van der Waals surface area (Å²) in [6, 6.07) is 9.98. The fourth-order valence-electron chi connectivity index (χ4n) is 3.63. The fourth-order valence-corrected chi connectivity index (χ4v) is 4.18. The molecule has 0 amide bonds. The average molecular weight is 449 g/mol. The molecular formula is C21H20Cl3N5. The van der Waals surface area contributed by atoms with Crippen LogP contribution in [0.1, 0.15) is 12.0 Å². The van der Waals surface area contributed by atoms with Crippen LogP contribution in [0, 0.1) is 5.41 Å². The quantitative estimate of drug-likeness (QED) is 0.157. The van der Waals surface area contributed by atoms with Gasteiger partial charge >= 0.3 is 0 Å². The van der Waals surface area contributed by atoms with Gasteiger partial charge in [-0.15, -0.1) is 11.6 Å². The van der Waals surface area contributed by atoms with Crippen LogP contribution < -0.4 is 16.4 Å². The average Bonchev–Trinajstić information content (AvgIpc) is 3.06. The first kappa shape index (κ1) is 20.0. The monoisotopic (exact) mass is 447 g/mol. The number of benzene rings is 2. The minimum Gasteiger partial charge on any atom is -0.382 e. The van der Waals surface area contributed by atoms with Crippen molar-refractivity contribution in [1.29, 1.82) is 5.41 Å². The number of fused-ring (bicyclic) bond motifs is 3. The lowest BCUT2D eigenvalue weighted by molar-refractivity contribution is 0.893. The highest BCUT2D eigenvalue weighted by molar-refractivity contribution is 6.38. The summed E-state index contributed by atoms with van der Waals surface area (Å²) in [7, 11) is 0. The van der Waals surface area contributed by atoms with E-state index >= 15 is 0 Å². The van der Waals surface area contributed by atoms with E-state index in [2.05, 4.69) is 21.7 Å². The first-order chi connectivity index (χ1) is 13.9. The van der Waals surface area contributed by atoms with E-state index in [1.54, 1.807) is 0 Å². The second-order valence-corrected chi connectivity index (χ2v) is 8.31. The number of halogens is 3. The molecule has 2 aromatic carbocycles. The molecule has 6 N–H and O–H groups in total. The van der Waals surface area contributed by atoms with Crippen molar-refractivity contribution in [2.75, 3.05) is 18.4 Å². The van der Waals surface area contributed by atoms with E-state index in [4.69, 9.17) is 45.9 Å². The topological polar surface area (TPSA) is 89.7 Å². The van der Waals surface area contributed by atoms with Crippen molar-refractivity contribution in [2.45, 2.75) is 11.8 Å². The summed E-state index contributed by atoms with van der Waals surface area (Å²) in [6.45, 7) is 1.17. The number of nitrogens with one attached hydrogen (secondary N) is 4. The Hall–Kier alpha value is -2.34. The zero-order chi connectivity index (χ0) is 20.5. The number of aromatic nitrogens is 1. The lowest BCUT2D eigenvalue weighted by atomic mass is 9.93. The summed E-state index contributed by atoms with van der Waals surface area (Å²) >= 11 is 18.9. The van der Waals surface area contributed by atoms with Crippen molar-refractivity contribution in [3.05, 3.63) is 58.1 Å². The third kappa shape index (κ3) is 4.04. The van der Waals surface area contributed by atoms with Gasteiger partial charge < -0.3 is 21.4 Å². The number of alkyl halides is 1. The molecule has 1 atom stereocenters. The summed E-state index contributed by atoms with van der Waals surface area (Å²) < 4.78 is 0. The van der Waals surface area contributed by atoms with Gasteiger partial charge in [-0.2, -0.15) is 0 Å². The minimum atomic E-state index is -0.226. The molecule has 1 heterocycles. The Balaban J connectivity index is 1.82. The second-order valence-electron chi connectivity index (χ2n) is 6.91. The van der Waals surface area contributed by atoms with E-state index in [1.165, 1.54) is 0 Å². The Morgan fingerprint density at radius 3 is 2.76 bits per heavy atom. The lowest BCUT2D eigenvalue weighted by Gasteiger charge is -2.18. The van der Waals surface area contributed by atoms with E-state index in [0.29, 0.717) is 29.6 Å². The van der Waals surface area contributed by atoms with Gasteiger partial charge in [0.05, 0.1) is 16.6 Å². The highest BCUT2D eigenvalue weighted by atomic mass is 35.5. The number of allylic oxidation sites excluding steroid dienone is 4. The maximum Gasteiger partial charge on any atom is 0.185 e. The van der Waals surface area contributed by atoms with E-state index in [9.17, 15) is 0 Å². The van der Waals surface area contributed by atoms with Crippen molar-refractivity contribution < 1.29 is 0 Å². The van der Waals surface area contributed by atoms with Gasteiger partial charge in [0.15, 0.2) is 5.96 Å². The molecule has 0 radical (unpaired) electrons. The molecule has 29 heavy (non-hydrogen) atoms. The summed E-state index contributed by atoms with van der Waals surface area (Å²) in [5, 5.41) is 16.7. The SMILES string of the molecule is N=C(N)NCCNc1ccc(C2=CC=C(Cl)C(Cl)C2)c2c1[nH]c1ccc(Cl)cc12. The molecule has 0 saturated heterocycles. The number of nitrogens with two attached hydrogens (primary N) is 1. The minimum absolute atomic E-state index is 0.0425. The fraction of sp³-hybridized carbons (Fsp3) is 0.190. The van der Waals surface area contributed by atoms with Crippen LogP contribution in [0.4, 0.5) is 5.69 Å². The third-order valence-corrected chi connectivity index (χ3v) is 6.09. The summed E-state index contributed by atoms with van der Waals surface area (Å²) in [5.41, 5.74) is 10.5. The molecule has 150 valence electrons. The predicted molar refractivity (Wildman–Crippen MR) is 125 cm³/mol. The van der Waals surface area contributed by atoms with Crippen molar-refractivity contribution in [1.82, 2.24) is 10.3 Å². The van der Waals surface area contributed by atoms with E-state index in [-0.39, 0.29) is 11.3 Å². The zero-order valence-corrected chi connectivity index (χ0v) is 17.7. The number of rotatable bonds is 5. The van der Waals surface area contributed by atoms with Gasteiger partial charge in [0.25, 0.3) is 0 Å². The molecule has 3 aromatic rings. The van der Waals surface area contributed by atoms with Crippen LogP contribution in [-0.4, -0.2) is 29.4 Å². The molecular weight excluding hydrogens is 429 g/mol. The maximum atomic E-state index is 7.26. The first-order valence-corrected chi connectivity index (χ1v) is 10.4. The molecule has 1 aromatic heterocycles. The normalized spacial score (nSPS) is 16.6. The van der Waals surface area contributed by atoms with Crippen molar-refractivity contribution in [2.24, 2.45) is 5.73 Å². The standard InChI is InChI=1S/C21H20Cl3N5/c22-12-2-5-17-14(10-12)19-13(11-1-4-15(23)16(24)9-11)3-6-18(20(19)29-17)27-7-8-28-21(25)26/h1-6,10,16,27,29H,7-9H2,(H4,25,26,28). The number of anilines is 1. The molecule has 0 bridgehead atoms. The van der Waals surface area contributed by atoms with Gasteiger partial charge in [-0.1, -0.05) is 35.3 Å². The Bertz CT molecular complexity index is 1160. The van der Waals surface area contributed by atoms with Crippen LogP contribution >= 0.6 is 34.8 Å². The lowest BCUT2D eigenvalue weighted by Crippen LogP contribution is -2.33. The summed E-state index contributed by atoms with van der Waals surface area (Å²) in [4.78, 5) is 3.51. The van der Waals surface area contributed by atoms with Crippen molar-refractivity contribution >= 4 is 73.8 Å². The van der Waals surface area contributed by atoms with Crippen molar-refractivity contribution in [3.8, 4) is 0 Å². The Morgan fingerprint density at radius 1 is 1.17 bits per heavy atom. The summed E-state index contributed by atoms with van der Waals surface area (Å²) in [6.07, 6.45) is 4.56. The molecule has 0 fully saturated rings. The number of guanidine groups is 1. The second kappa shape index (κ2) is 8.19. The molecule has 1 unspecified atom stereocenters. The molecule has 0 aliphatic heterocycles. The van der Waals surface area contributed by atoms with Crippen LogP contribution in [-0.2, 0) is 0 Å². The van der Waals surface area contributed by atoms with Crippen LogP contribution in [0.15, 0.2) is 47.5 Å². The first-order valence-electron chi connectivity index (χ1n) is 9.20. The largest absolute Gasteiger partial charge is 0.382 e. The molecule has 4 rings (SSSR count). The van der Waals surface area contributed by atoms with Gasteiger partial charge in [-0.25, -0.2) is 0 Å². The van der Waals surface area contributed by atoms with E-state index < -0.39 is 0 Å². The highest BCUT2D eigenvalue weighted by Gasteiger charge is 2.20. The molecule has 1 aliphatic rings. The van der Waals surface area contributed by atoms with Gasteiger partial charge in [0.1, 0.15) is 0 Å². The van der Waals surface area contributed by atoms with Gasteiger partial charge in [0.2, 0.25) is 0 Å². The Kier molecular flexibility index (Phi) is 5.63. The number of hydrogen-bond acceptors (Lipinski definition) is 2. The van der Waals surface area contributed by atoms with Gasteiger partial charge in [-0.3, -0.25) is 5.41 Å². The molecule has 1 aliphatic carbocycles. The van der Waals surface area contributed by atoms with Gasteiger partial charge in [-0.05, 0) is 47.9 Å². The Labute approximate surface area is 183 Å². The smallest absolute Gasteiger partial charge is 0.185 e. The molecule has 0 spiro atoms. The maximum absolute atomic E-state index is 7.26. The molecule has 8 heteroatoms. The van der Waals surface area contributed by atoms with Crippen LogP contribution in [0.25, 0.3) is 27.4 Å². The zero-order valence-electron chi connectivity index (χ0n) is 15.5. The number of hydrogen-bond donors (Lipinski definition) is 5. The highest BCUT2D eigenvalue weighted by Crippen LogP contribution is 2.40. The van der Waals surface area contributed by atoms with E-state index in [0.717, 1.165) is 38.6 Å².